The summed E-state index contributed by atoms with van der Waals surface area (Å²) in [4.78, 5) is 19.3. The molecule has 112 valence electrons. The number of aryl methyl sites for hydroxylation is 2. The summed E-state index contributed by atoms with van der Waals surface area (Å²) in [5, 5.41) is 3.31. The van der Waals surface area contributed by atoms with Crippen LogP contribution in [0.5, 0.6) is 0 Å². The zero-order valence-corrected chi connectivity index (χ0v) is 13.0. The quantitative estimate of drug-likeness (QED) is 0.807. The van der Waals surface area contributed by atoms with Crippen molar-refractivity contribution in [2.24, 2.45) is 0 Å². The van der Waals surface area contributed by atoms with Crippen molar-refractivity contribution < 1.29 is 0 Å². The van der Waals surface area contributed by atoms with E-state index < -0.39 is 0 Å². The molecule has 4 nitrogen and oxygen atoms in total. The first kappa shape index (κ1) is 13.5. The minimum Gasteiger partial charge on any atom is -0.379 e. The second-order valence-electron chi connectivity index (χ2n) is 5.60. The number of fused-ring (bicyclic) bond motifs is 3. The molecule has 0 fully saturated rings. The third-order valence-corrected chi connectivity index (χ3v) is 5.20. The summed E-state index contributed by atoms with van der Waals surface area (Å²) in [6.45, 7) is 0.568. The number of anilines is 1. The van der Waals surface area contributed by atoms with Gasteiger partial charge in [-0.05, 0) is 37.8 Å². The molecule has 0 aliphatic heterocycles. The molecule has 1 aliphatic carbocycles. The highest BCUT2D eigenvalue weighted by Gasteiger charge is 2.18. The van der Waals surface area contributed by atoms with Gasteiger partial charge in [-0.25, -0.2) is 4.98 Å². The van der Waals surface area contributed by atoms with Crippen LogP contribution in [-0.2, 0) is 19.4 Å². The molecule has 22 heavy (non-hydrogen) atoms. The van der Waals surface area contributed by atoms with Crippen molar-refractivity contribution in [2.75, 3.05) is 5.32 Å². The van der Waals surface area contributed by atoms with Crippen LogP contribution >= 0.6 is 11.3 Å². The molecule has 2 aromatic heterocycles. The van der Waals surface area contributed by atoms with Crippen LogP contribution in [0.1, 0.15) is 29.1 Å². The minimum absolute atomic E-state index is 0.0502. The average Bonchev–Trinajstić information content (AvgIpc) is 2.92. The van der Waals surface area contributed by atoms with E-state index in [4.69, 9.17) is 0 Å². The lowest BCUT2D eigenvalue weighted by molar-refractivity contribution is 0.670. The topological polar surface area (TPSA) is 46.4 Å². The van der Waals surface area contributed by atoms with E-state index >= 15 is 0 Å². The Morgan fingerprint density at radius 3 is 2.86 bits per heavy atom. The molecule has 0 unspecified atom stereocenters. The van der Waals surface area contributed by atoms with E-state index in [9.17, 15) is 4.79 Å². The molecule has 1 aromatic carbocycles. The van der Waals surface area contributed by atoms with E-state index in [1.54, 1.807) is 17.4 Å². The van der Waals surface area contributed by atoms with Crippen molar-refractivity contribution in [3.05, 3.63) is 63.0 Å². The van der Waals surface area contributed by atoms with Gasteiger partial charge in [0.2, 0.25) is 0 Å². The predicted octanol–water partition coefficient (Wildman–Crippen LogP) is 3.25. The van der Waals surface area contributed by atoms with Crippen LogP contribution in [0.3, 0.4) is 0 Å². The number of thiazole rings is 1. The lowest BCUT2D eigenvalue weighted by atomic mass is 10.0. The van der Waals surface area contributed by atoms with E-state index in [0.29, 0.717) is 6.54 Å². The Labute approximate surface area is 132 Å². The number of nitrogens with zero attached hydrogens (tertiary/aromatic N) is 2. The van der Waals surface area contributed by atoms with E-state index in [1.807, 2.05) is 34.7 Å². The van der Waals surface area contributed by atoms with Crippen LogP contribution in [0.4, 0.5) is 5.69 Å². The van der Waals surface area contributed by atoms with Crippen LogP contribution in [0.15, 0.2) is 41.2 Å². The van der Waals surface area contributed by atoms with E-state index in [0.717, 1.165) is 29.2 Å². The van der Waals surface area contributed by atoms with Gasteiger partial charge in [0.15, 0.2) is 4.96 Å². The summed E-state index contributed by atoms with van der Waals surface area (Å²) in [6.07, 6.45) is 4.47. The second-order valence-corrected chi connectivity index (χ2v) is 6.66. The van der Waals surface area contributed by atoms with Gasteiger partial charge >= 0.3 is 0 Å². The number of para-hydroxylation sites is 1. The van der Waals surface area contributed by atoms with Crippen LogP contribution in [-0.4, -0.2) is 9.38 Å². The minimum atomic E-state index is 0.0502. The Morgan fingerprint density at radius 2 is 2.00 bits per heavy atom. The summed E-state index contributed by atoms with van der Waals surface area (Å²) in [7, 11) is 0. The van der Waals surface area contributed by atoms with Crippen molar-refractivity contribution in [3.8, 4) is 0 Å². The number of aromatic nitrogens is 2. The second kappa shape index (κ2) is 5.57. The highest BCUT2D eigenvalue weighted by Crippen LogP contribution is 2.28. The molecule has 0 atom stereocenters. The van der Waals surface area contributed by atoms with Gasteiger partial charge in [-0.3, -0.25) is 9.20 Å². The van der Waals surface area contributed by atoms with Gasteiger partial charge < -0.3 is 5.32 Å². The standard InChI is InChI=1S/C17H17N3OS/c21-16-10-13(11-18-12-6-2-1-3-7-12)19-17-20(16)14-8-4-5-9-15(14)22-17/h1-3,6-7,10,18H,4-5,8-9,11H2. The maximum atomic E-state index is 12.4. The van der Waals surface area contributed by atoms with Gasteiger partial charge in [0.05, 0.1) is 12.2 Å². The van der Waals surface area contributed by atoms with Gasteiger partial charge in [0.25, 0.3) is 5.56 Å². The van der Waals surface area contributed by atoms with Crippen LogP contribution in [0, 0.1) is 0 Å². The maximum Gasteiger partial charge on any atom is 0.259 e. The molecular weight excluding hydrogens is 294 g/mol. The summed E-state index contributed by atoms with van der Waals surface area (Å²) < 4.78 is 1.81. The van der Waals surface area contributed by atoms with Gasteiger partial charge in [-0.1, -0.05) is 18.2 Å². The number of nitrogens with one attached hydrogen (secondary N) is 1. The summed E-state index contributed by atoms with van der Waals surface area (Å²) >= 11 is 1.67. The predicted molar refractivity (Wildman–Crippen MR) is 89.7 cm³/mol. The first-order valence-corrected chi connectivity index (χ1v) is 8.45. The van der Waals surface area contributed by atoms with E-state index in [2.05, 4.69) is 10.3 Å². The Kier molecular flexibility index (Phi) is 3.42. The molecule has 1 aliphatic rings. The molecule has 4 rings (SSSR count). The zero-order valence-electron chi connectivity index (χ0n) is 12.2. The SMILES string of the molecule is O=c1cc(CNc2ccccc2)nc2sc3c(n12)CCCC3. The van der Waals surface area contributed by atoms with Crippen molar-refractivity contribution in [2.45, 2.75) is 32.2 Å². The molecule has 0 saturated heterocycles. The lowest BCUT2D eigenvalue weighted by Crippen LogP contribution is -2.18. The highest BCUT2D eigenvalue weighted by molar-refractivity contribution is 7.17. The molecular formula is C17H17N3OS. The van der Waals surface area contributed by atoms with Gasteiger partial charge in [-0.15, -0.1) is 11.3 Å². The van der Waals surface area contributed by atoms with Crippen molar-refractivity contribution in [3.63, 3.8) is 0 Å². The first-order chi connectivity index (χ1) is 10.8. The van der Waals surface area contributed by atoms with E-state index in [1.165, 1.54) is 23.4 Å². The van der Waals surface area contributed by atoms with Crippen LogP contribution in [0.25, 0.3) is 4.96 Å². The third kappa shape index (κ3) is 2.41. The zero-order chi connectivity index (χ0) is 14.9. The fourth-order valence-corrected chi connectivity index (χ4v) is 4.21. The van der Waals surface area contributed by atoms with Crippen molar-refractivity contribution >= 4 is 22.0 Å². The Bertz CT molecular complexity index is 867. The van der Waals surface area contributed by atoms with Crippen LogP contribution < -0.4 is 10.9 Å². The molecule has 0 amide bonds. The summed E-state index contributed by atoms with van der Waals surface area (Å²) in [5.41, 5.74) is 3.07. The summed E-state index contributed by atoms with van der Waals surface area (Å²) in [6, 6.07) is 11.6. The Balaban J connectivity index is 1.67. The molecule has 2 heterocycles. The number of hydrogen-bond donors (Lipinski definition) is 1. The summed E-state index contributed by atoms with van der Waals surface area (Å²) in [5.74, 6) is 0. The smallest absolute Gasteiger partial charge is 0.259 e. The molecule has 3 aromatic rings. The number of rotatable bonds is 3. The Morgan fingerprint density at radius 1 is 1.18 bits per heavy atom. The number of benzene rings is 1. The molecule has 5 heteroatoms. The van der Waals surface area contributed by atoms with Crippen LogP contribution in [0.2, 0.25) is 0 Å². The number of hydrogen-bond acceptors (Lipinski definition) is 4. The Hall–Kier alpha value is -2.14. The molecule has 0 spiro atoms. The fraction of sp³-hybridized carbons (Fsp3) is 0.294. The third-order valence-electron chi connectivity index (χ3n) is 4.06. The van der Waals surface area contributed by atoms with Crippen molar-refractivity contribution in [1.29, 1.82) is 0 Å². The first-order valence-electron chi connectivity index (χ1n) is 7.63. The largest absolute Gasteiger partial charge is 0.379 e. The molecule has 1 N–H and O–H groups in total. The van der Waals surface area contributed by atoms with Crippen molar-refractivity contribution in [1.82, 2.24) is 9.38 Å². The normalized spacial score (nSPS) is 14.0. The van der Waals surface area contributed by atoms with E-state index in [-0.39, 0.29) is 5.56 Å². The maximum absolute atomic E-state index is 12.4. The van der Waals surface area contributed by atoms with Gasteiger partial charge in [-0.2, -0.15) is 0 Å². The molecule has 0 saturated carbocycles. The fourth-order valence-electron chi connectivity index (χ4n) is 2.98. The van der Waals surface area contributed by atoms with Gasteiger partial charge in [0.1, 0.15) is 0 Å². The lowest BCUT2D eigenvalue weighted by Gasteiger charge is -2.10. The molecule has 0 bridgehead atoms. The molecule has 0 radical (unpaired) electrons. The monoisotopic (exact) mass is 311 g/mol. The average molecular weight is 311 g/mol. The highest BCUT2D eigenvalue weighted by atomic mass is 32.1. The van der Waals surface area contributed by atoms with Gasteiger partial charge in [0, 0.05) is 22.3 Å².